The lowest BCUT2D eigenvalue weighted by Crippen LogP contribution is -2.24. The summed E-state index contributed by atoms with van der Waals surface area (Å²) in [5, 5.41) is 7.85. The van der Waals surface area contributed by atoms with Crippen LogP contribution in [0, 0.1) is 18.8 Å². The van der Waals surface area contributed by atoms with Gasteiger partial charge in [-0.3, -0.25) is 4.79 Å². The number of nitrogens with two attached hydrogens (primary N) is 1. The Bertz CT molecular complexity index is 580. The maximum atomic E-state index is 11.9. The average molecular weight is 284 g/mol. The van der Waals surface area contributed by atoms with Gasteiger partial charge in [-0.1, -0.05) is 20.8 Å². The fourth-order valence-corrected chi connectivity index (χ4v) is 2.10. The highest BCUT2D eigenvalue weighted by Crippen LogP contribution is 2.20. The molecule has 106 valence electrons. The molecule has 1 atom stereocenters. The largest absolute Gasteiger partial charge is 0.326 e. The molecule has 0 saturated heterocycles. The molecule has 19 heavy (non-hydrogen) atoms. The van der Waals surface area contributed by atoms with Gasteiger partial charge in [0.2, 0.25) is 15.9 Å². The van der Waals surface area contributed by atoms with Gasteiger partial charge in [-0.2, -0.15) is 0 Å². The molecule has 1 unspecified atom stereocenters. The van der Waals surface area contributed by atoms with E-state index in [1.54, 1.807) is 13.0 Å². The van der Waals surface area contributed by atoms with Crippen molar-refractivity contribution in [3.63, 3.8) is 0 Å². The molecular weight excluding hydrogens is 264 g/mol. The highest BCUT2D eigenvalue weighted by molar-refractivity contribution is 7.89. The fourth-order valence-electron chi connectivity index (χ4n) is 1.50. The van der Waals surface area contributed by atoms with Crippen LogP contribution >= 0.6 is 0 Å². The van der Waals surface area contributed by atoms with Crippen LogP contribution in [-0.2, 0) is 14.8 Å². The Balaban J connectivity index is 2.96. The van der Waals surface area contributed by atoms with Crippen molar-refractivity contribution in [1.82, 2.24) is 0 Å². The van der Waals surface area contributed by atoms with E-state index in [4.69, 9.17) is 5.14 Å². The zero-order chi connectivity index (χ0) is 14.8. The summed E-state index contributed by atoms with van der Waals surface area (Å²) in [4.78, 5) is 12.0. The number of rotatable bonds is 4. The molecule has 0 aliphatic carbocycles. The molecule has 0 aromatic heterocycles. The Morgan fingerprint density at radius 2 is 1.84 bits per heavy atom. The fraction of sp³-hybridized carbons (Fsp3) is 0.462. The van der Waals surface area contributed by atoms with Crippen molar-refractivity contribution in [3.05, 3.63) is 23.8 Å². The van der Waals surface area contributed by atoms with Gasteiger partial charge in [-0.05, 0) is 36.6 Å². The second-order valence-corrected chi connectivity index (χ2v) is 6.61. The summed E-state index contributed by atoms with van der Waals surface area (Å²) in [5.74, 6) is 0.0442. The molecule has 1 aromatic carbocycles. The van der Waals surface area contributed by atoms with Crippen molar-refractivity contribution in [2.75, 3.05) is 5.32 Å². The van der Waals surface area contributed by atoms with Crippen LogP contribution in [0.2, 0.25) is 0 Å². The predicted octanol–water partition coefficient (Wildman–Crippen LogP) is 1.87. The second kappa shape index (κ2) is 5.71. The van der Waals surface area contributed by atoms with Gasteiger partial charge in [0.25, 0.3) is 0 Å². The number of hydrogen-bond acceptors (Lipinski definition) is 3. The summed E-state index contributed by atoms with van der Waals surface area (Å²) in [6, 6.07) is 4.39. The van der Waals surface area contributed by atoms with E-state index in [2.05, 4.69) is 5.32 Å². The summed E-state index contributed by atoms with van der Waals surface area (Å²) in [7, 11) is -3.71. The zero-order valence-corrected chi connectivity index (χ0v) is 12.4. The number of carbonyl (C=O) groups excluding carboxylic acids is 1. The Labute approximate surface area is 114 Å². The van der Waals surface area contributed by atoms with Gasteiger partial charge in [-0.15, -0.1) is 0 Å². The van der Waals surface area contributed by atoms with Crippen molar-refractivity contribution in [3.8, 4) is 0 Å². The number of benzene rings is 1. The molecule has 6 heteroatoms. The third kappa shape index (κ3) is 4.04. The molecule has 0 fully saturated rings. The molecule has 0 heterocycles. The lowest BCUT2D eigenvalue weighted by atomic mass is 9.97. The van der Waals surface area contributed by atoms with E-state index in [0.29, 0.717) is 11.3 Å². The quantitative estimate of drug-likeness (QED) is 0.884. The van der Waals surface area contributed by atoms with E-state index < -0.39 is 10.0 Å². The van der Waals surface area contributed by atoms with Gasteiger partial charge >= 0.3 is 0 Å². The molecule has 0 spiro atoms. The van der Waals surface area contributed by atoms with Crippen molar-refractivity contribution in [2.24, 2.45) is 17.0 Å². The first-order valence-electron chi connectivity index (χ1n) is 6.07. The molecule has 1 aromatic rings. The number of primary sulfonamides is 1. The van der Waals surface area contributed by atoms with Crippen LogP contribution in [0.15, 0.2) is 23.1 Å². The van der Waals surface area contributed by atoms with Crippen LogP contribution in [0.3, 0.4) is 0 Å². The third-order valence-corrected chi connectivity index (χ3v) is 4.11. The molecular formula is C13H20N2O3S. The molecule has 0 aliphatic heterocycles. The molecule has 0 saturated carbocycles. The van der Waals surface area contributed by atoms with Crippen LogP contribution in [0.1, 0.15) is 26.3 Å². The average Bonchev–Trinajstić information content (AvgIpc) is 2.29. The van der Waals surface area contributed by atoms with Gasteiger partial charge in [-0.25, -0.2) is 13.6 Å². The van der Waals surface area contributed by atoms with E-state index in [9.17, 15) is 13.2 Å². The smallest absolute Gasteiger partial charge is 0.238 e. The van der Waals surface area contributed by atoms with E-state index in [1.165, 1.54) is 12.1 Å². The minimum atomic E-state index is -3.71. The highest BCUT2D eigenvalue weighted by Gasteiger charge is 2.18. The topological polar surface area (TPSA) is 89.3 Å². The number of hydrogen-bond donors (Lipinski definition) is 2. The molecule has 0 radical (unpaired) electrons. The Kier molecular flexibility index (Phi) is 4.70. The zero-order valence-electron chi connectivity index (χ0n) is 11.6. The van der Waals surface area contributed by atoms with Crippen LogP contribution < -0.4 is 10.5 Å². The minimum Gasteiger partial charge on any atom is -0.326 e. The number of carbonyl (C=O) groups is 1. The summed E-state index contributed by atoms with van der Waals surface area (Å²) in [5.41, 5.74) is 1.26. The van der Waals surface area contributed by atoms with Crippen LogP contribution in [0.4, 0.5) is 5.69 Å². The molecule has 0 bridgehead atoms. The highest BCUT2D eigenvalue weighted by atomic mass is 32.2. The summed E-state index contributed by atoms with van der Waals surface area (Å²) < 4.78 is 22.4. The van der Waals surface area contributed by atoms with Gasteiger partial charge in [0.15, 0.2) is 0 Å². The SMILES string of the molecule is Cc1cc(S(N)(=O)=O)ccc1NC(=O)C(C)C(C)C. The molecule has 1 rings (SSSR count). The molecule has 5 nitrogen and oxygen atoms in total. The van der Waals surface area contributed by atoms with Crippen LogP contribution in [0.25, 0.3) is 0 Å². The normalized spacial score (nSPS) is 13.4. The van der Waals surface area contributed by atoms with E-state index in [1.807, 2.05) is 20.8 Å². The van der Waals surface area contributed by atoms with E-state index in [-0.39, 0.29) is 22.6 Å². The van der Waals surface area contributed by atoms with Gasteiger partial charge < -0.3 is 5.32 Å². The van der Waals surface area contributed by atoms with E-state index >= 15 is 0 Å². The number of sulfonamides is 1. The minimum absolute atomic E-state index is 0.0416. The number of aryl methyl sites for hydroxylation is 1. The van der Waals surface area contributed by atoms with Gasteiger partial charge in [0.1, 0.15) is 0 Å². The summed E-state index contributed by atoms with van der Waals surface area (Å²) >= 11 is 0. The third-order valence-electron chi connectivity index (χ3n) is 3.20. The van der Waals surface area contributed by atoms with Crippen molar-refractivity contribution >= 4 is 21.6 Å². The first kappa shape index (κ1) is 15.7. The van der Waals surface area contributed by atoms with Crippen LogP contribution in [-0.4, -0.2) is 14.3 Å². The van der Waals surface area contributed by atoms with Crippen molar-refractivity contribution < 1.29 is 13.2 Å². The Morgan fingerprint density at radius 3 is 2.26 bits per heavy atom. The lowest BCUT2D eigenvalue weighted by Gasteiger charge is -2.16. The monoisotopic (exact) mass is 284 g/mol. The van der Waals surface area contributed by atoms with Gasteiger partial charge in [0, 0.05) is 11.6 Å². The predicted molar refractivity (Wildman–Crippen MR) is 75.2 cm³/mol. The Hall–Kier alpha value is -1.40. The van der Waals surface area contributed by atoms with E-state index in [0.717, 1.165) is 0 Å². The van der Waals surface area contributed by atoms with Crippen molar-refractivity contribution in [2.45, 2.75) is 32.6 Å². The Morgan fingerprint density at radius 1 is 1.26 bits per heavy atom. The number of anilines is 1. The maximum absolute atomic E-state index is 11.9. The molecule has 3 N–H and O–H groups in total. The standard InChI is InChI=1S/C13H20N2O3S/c1-8(2)10(4)13(16)15-12-6-5-11(7-9(12)3)19(14,17)18/h5-8,10H,1-4H3,(H,15,16)(H2,14,17,18). The second-order valence-electron chi connectivity index (χ2n) is 5.04. The summed E-state index contributed by atoms with van der Waals surface area (Å²) in [6.45, 7) is 7.53. The lowest BCUT2D eigenvalue weighted by molar-refractivity contribution is -0.120. The molecule has 1 amide bonds. The maximum Gasteiger partial charge on any atom is 0.238 e. The first-order chi connectivity index (χ1) is 8.62. The first-order valence-corrected chi connectivity index (χ1v) is 7.62. The van der Waals surface area contributed by atoms with Crippen LogP contribution in [0.5, 0.6) is 0 Å². The van der Waals surface area contributed by atoms with Crippen molar-refractivity contribution in [1.29, 1.82) is 0 Å². The molecule has 0 aliphatic rings. The van der Waals surface area contributed by atoms with Gasteiger partial charge in [0.05, 0.1) is 4.90 Å². The number of nitrogens with one attached hydrogen (secondary N) is 1. The summed E-state index contributed by atoms with van der Waals surface area (Å²) in [6.07, 6.45) is 0. The number of amides is 1.